The Labute approximate surface area is 132 Å². The van der Waals surface area contributed by atoms with E-state index in [1.807, 2.05) is 12.1 Å². The number of rotatable bonds is 6. The third-order valence-corrected chi connectivity index (χ3v) is 4.84. The summed E-state index contributed by atoms with van der Waals surface area (Å²) in [6.45, 7) is 0.393. The van der Waals surface area contributed by atoms with E-state index in [-0.39, 0.29) is 5.92 Å². The lowest BCUT2D eigenvalue weighted by atomic mass is 9.81. The lowest BCUT2D eigenvalue weighted by molar-refractivity contribution is 0.105. The molecule has 0 aliphatic heterocycles. The first-order valence-corrected chi connectivity index (χ1v) is 8.25. The molecule has 2 atom stereocenters. The van der Waals surface area contributed by atoms with Crippen LogP contribution in [0.1, 0.15) is 50.0 Å². The Bertz CT molecular complexity index is 446. The topological polar surface area (TPSA) is 55.5 Å². The first-order chi connectivity index (χ1) is 10.2. The first-order valence-electron chi connectivity index (χ1n) is 7.87. The van der Waals surface area contributed by atoms with Crippen molar-refractivity contribution in [2.75, 3.05) is 13.7 Å². The number of hydrogen-bond donors (Lipinski definition) is 2. The number of halogens is 1. The van der Waals surface area contributed by atoms with E-state index in [1.165, 1.54) is 32.1 Å². The molecule has 1 saturated carbocycles. The minimum atomic E-state index is -0.439. The molecule has 0 heterocycles. The molecule has 1 fully saturated rings. The van der Waals surface area contributed by atoms with Crippen LogP contribution in [0, 0.1) is 5.92 Å². The van der Waals surface area contributed by atoms with E-state index >= 15 is 0 Å². The predicted octanol–water partition coefficient (Wildman–Crippen LogP) is 3.72. The molecule has 0 spiro atoms. The predicted molar refractivity (Wildman–Crippen MR) is 87.0 cm³/mol. The van der Waals surface area contributed by atoms with Crippen molar-refractivity contribution in [2.24, 2.45) is 11.7 Å². The Morgan fingerprint density at radius 1 is 1.33 bits per heavy atom. The molecule has 1 aliphatic carbocycles. The van der Waals surface area contributed by atoms with Gasteiger partial charge >= 0.3 is 0 Å². The Hall–Kier alpha value is -0.770. The molecule has 1 aromatic rings. The lowest BCUT2D eigenvalue weighted by Gasteiger charge is -2.29. The summed E-state index contributed by atoms with van der Waals surface area (Å²) in [6, 6.07) is 5.50. The van der Waals surface area contributed by atoms with Crippen molar-refractivity contribution in [2.45, 2.75) is 50.5 Å². The number of methoxy groups -OCH3 is 1. The van der Waals surface area contributed by atoms with Gasteiger partial charge in [0, 0.05) is 23.0 Å². The van der Waals surface area contributed by atoms with Crippen LogP contribution in [0.2, 0.25) is 5.02 Å². The molecule has 4 heteroatoms. The second kappa shape index (κ2) is 8.02. The summed E-state index contributed by atoms with van der Waals surface area (Å²) < 4.78 is 5.40. The highest BCUT2D eigenvalue weighted by atomic mass is 35.5. The number of hydrogen-bond acceptors (Lipinski definition) is 3. The quantitative estimate of drug-likeness (QED) is 0.842. The van der Waals surface area contributed by atoms with Crippen LogP contribution in [0.3, 0.4) is 0 Å². The van der Waals surface area contributed by atoms with Gasteiger partial charge in [-0.15, -0.1) is 0 Å². The van der Waals surface area contributed by atoms with Gasteiger partial charge in [-0.1, -0.05) is 43.7 Å². The van der Waals surface area contributed by atoms with Gasteiger partial charge in [0.25, 0.3) is 0 Å². The van der Waals surface area contributed by atoms with Gasteiger partial charge in [-0.3, -0.25) is 0 Å². The monoisotopic (exact) mass is 311 g/mol. The number of benzene rings is 1. The molecular formula is C17H26ClNO2. The second-order valence-electron chi connectivity index (χ2n) is 6.04. The van der Waals surface area contributed by atoms with E-state index in [4.69, 9.17) is 22.1 Å². The largest absolute Gasteiger partial charge is 0.496 e. The van der Waals surface area contributed by atoms with Crippen molar-refractivity contribution in [3.8, 4) is 5.75 Å². The van der Waals surface area contributed by atoms with Crippen LogP contribution in [0.5, 0.6) is 5.75 Å². The van der Waals surface area contributed by atoms with Gasteiger partial charge in [0.2, 0.25) is 0 Å². The first kappa shape index (κ1) is 16.6. The molecule has 0 amide bonds. The minimum Gasteiger partial charge on any atom is -0.496 e. The molecule has 1 aromatic carbocycles. The summed E-state index contributed by atoms with van der Waals surface area (Å²) in [5.41, 5.74) is 6.84. The smallest absolute Gasteiger partial charge is 0.122 e. The van der Waals surface area contributed by atoms with E-state index in [9.17, 15) is 5.11 Å². The molecule has 0 saturated heterocycles. The zero-order valence-electron chi connectivity index (χ0n) is 12.7. The molecule has 21 heavy (non-hydrogen) atoms. The maximum Gasteiger partial charge on any atom is 0.122 e. The molecule has 0 aromatic heterocycles. The summed E-state index contributed by atoms with van der Waals surface area (Å²) in [5.74, 6) is 1.24. The minimum absolute atomic E-state index is 0.124. The summed E-state index contributed by atoms with van der Waals surface area (Å²) >= 11 is 6.09. The molecule has 0 bridgehead atoms. The van der Waals surface area contributed by atoms with Crippen molar-refractivity contribution in [3.63, 3.8) is 0 Å². The molecule has 2 unspecified atom stereocenters. The van der Waals surface area contributed by atoms with Gasteiger partial charge in [0.15, 0.2) is 0 Å². The molecule has 118 valence electrons. The highest BCUT2D eigenvalue weighted by molar-refractivity contribution is 6.30. The van der Waals surface area contributed by atoms with Gasteiger partial charge in [-0.25, -0.2) is 0 Å². The molecule has 0 radical (unpaired) electrons. The molecule has 3 N–H and O–H groups in total. The standard InChI is InChI=1S/C17H26ClNO2/c1-21-17-8-7-13(18)10-14(17)15(11-19)16(20)9-12-5-3-2-4-6-12/h7-8,10,12,15-16,20H,2-6,9,11,19H2,1H3. The van der Waals surface area contributed by atoms with Gasteiger partial charge in [-0.05, 0) is 30.5 Å². The Balaban J connectivity index is 2.12. The average molecular weight is 312 g/mol. The van der Waals surface area contributed by atoms with Gasteiger partial charge in [0.05, 0.1) is 13.2 Å². The van der Waals surface area contributed by atoms with Gasteiger partial charge in [0.1, 0.15) is 5.75 Å². The van der Waals surface area contributed by atoms with Crippen molar-refractivity contribution < 1.29 is 9.84 Å². The highest BCUT2D eigenvalue weighted by Crippen LogP contribution is 2.35. The van der Waals surface area contributed by atoms with Crippen molar-refractivity contribution in [1.29, 1.82) is 0 Å². The van der Waals surface area contributed by atoms with E-state index in [0.29, 0.717) is 17.5 Å². The fourth-order valence-electron chi connectivity index (χ4n) is 3.41. The van der Waals surface area contributed by atoms with E-state index in [1.54, 1.807) is 13.2 Å². The number of ether oxygens (including phenoxy) is 1. The van der Waals surface area contributed by atoms with Gasteiger partial charge < -0.3 is 15.6 Å². The zero-order valence-corrected chi connectivity index (χ0v) is 13.5. The van der Waals surface area contributed by atoms with Crippen LogP contribution in [0.15, 0.2) is 18.2 Å². The van der Waals surface area contributed by atoms with E-state index < -0.39 is 6.10 Å². The van der Waals surface area contributed by atoms with Crippen LogP contribution >= 0.6 is 11.6 Å². The average Bonchev–Trinajstić information content (AvgIpc) is 2.49. The summed E-state index contributed by atoms with van der Waals surface area (Å²) in [5, 5.41) is 11.3. The van der Waals surface area contributed by atoms with Crippen LogP contribution < -0.4 is 10.5 Å². The molecule has 3 nitrogen and oxygen atoms in total. The van der Waals surface area contributed by atoms with Crippen molar-refractivity contribution in [1.82, 2.24) is 0 Å². The summed E-state index contributed by atoms with van der Waals surface area (Å²) in [6.07, 6.45) is 6.72. The van der Waals surface area contributed by atoms with Crippen molar-refractivity contribution >= 4 is 11.6 Å². The maximum atomic E-state index is 10.6. The number of nitrogens with two attached hydrogens (primary N) is 1. The van der Waals surface area contributed by atoms with Crippen molar-refractivity contribution in [3.05, 3.63) is 28.8 Å². The van der Waals surface area contributed by atoms with E-state index in [0.717, 1.165) is 17.7 Å². The fraction of sp³-hybridized carbons (Fsp3) is 0.647. The van der Waals surface area contributed by atoms with Gasteiger partial charge in [-0.2, -0.15) is 0 Å². The van der Waals surface area contributed by atoms with Crippen LogP contribution in [-0.4, -0.2) is 24.9 Å². The normalized spacial score (nSPS) is 19.2. The third-order valence-electron chi connectivity index (χ3n) is 4.61. The molecular weight excluding hydrogens is 286 g/mol. The third kappa shape index (κ3) is 4.35. The van der Waals surface area contributed by atoms with Crippen LogP contribution in [0.4, 0.5) is 0 Å². The van der Waals surface area contributed by atoms with E-state index in [2.05, 4.69) is 0 Å². The Kier molecular flexibility index (Phi) is 6.34. The number of aliphatic hydroxyl groups is 1. The zero-order chi connectivity index (χ0) is 15.2. The SMILES string of the molecule is COc1ccc(Cl)cc1C(CN)C(O)CC1CCCCC1. The molecule has 1 aliphatic rings. The Morgan fingerprint density at radius 3 is 2.67 bits per heavy atom. The Morgan fingerprint density at radius 2 is 2.05 bits per heavy atom. The fourth-order valence-corrected chi connectivity index (χ4v) is 3.60. The summed E-state index contributed by atoms with van der Waals surface area (Å²) in [7, 11) is 1.63. The lowest BCUT2D eigenvalue weighted by Crippen LogP contribution is -2.29. The highest BCUT2D eigenvalue weighted by Gasteiger charge is 2.26. The molecule has 2 rings (SSSR count). The van der Waals surface area contributed by atoms with Crippen LogP contribution in [0.25, 0.3) is 0 Å². The number of aliphatic hydroxyl groups excluding tert-OH is 1. The summed E-state index contributed by atoms with van der Waals surface area (Å²) in [4.78, 5) is 0. The second-order valence-corrected chi connectivity index (χ2v) is 6.47. The maximum absolute atomic E-state index is 10.6. The van der Waals surface area contributed by atoms with Crippen LogP contribution in [-0.2, 0) is 0 Å².